The van der Waals surface area contributed by atoms with E-state index in [1.54, 1.807) is 0 Å². The molecule has 0 radical (unpaired) electrons. The van der Waals surface area contributed by atoms with Gasteiger partial charge >= 0.3 is 0 Å². The van der Waals surface area contributed by atoms with Crippen molar-refractivity contribution < 1.29 is 18.9 Å². The summed E-state index contributed by atoms with van der Waals surface area (Å²) in [6.45, 7) is 19.5. The lowest BCUT2D eigenvalue weighted by atomic mass is 9.63. The molecule has 8 fully saturated rings. The first-order valence-corrected chi connectivity index (χ1v) is 18.8. The Balaban J connectivity index is 1.01. The third-order valence-electron chi connectivity index (χ3n) is 14.2. The van der Waals surface area contributed by atoms with E-state index >= 15 is 0 Å². The second-order valence-corrected chi connectivity index (χ2v) is 19.1. The third kappa shape index (κ3) is 4.83. The van der Waals surface area contributed by atoms with Gasteiger partial charge in [-0.3, -0.25) is 0 Å². The first-order chi connectivity index (χ1) is 19.3. The average molecular weight is 587 g/mol. The Hall–Kier alpha value is 0.190. The van der Waals surface area contributed by atoms with Crippen LogP contribution in [0.25, 0.3) is 0 Å². The Bertz CT molecular complexity index is 897. The summed E-state index contributed by atoms with van der Waals surface area (Å²) in [5.74, 6) is 10.2. The summed E-state index contributed by atoms with van der Waals surface area (Å²) in [6.07, 6.45) is 12.6. The van der Waals surface area contributed by atoms with Gasteiger partial charge in [0.15, 0.2) is 0 Å². The van der Waals surface area contributed by atoms with E-state index in [4.69, 9.17) is 18.9 Å². The highest BCUT2D eigenvalue weighted by Crippen LogP contribution is 2.61. The second-order valence-electron chi connectivity index (χ2n) is 18.0. The molecule has 0 N–H and O–H groups in total. The standard InChI is InChI=1S/C36H58O4S/c1-19-9-23(13-33(5)29(19)37-33)27(24-10-20(2)30-34(6,14-24)38-30)17-41-18-28(25-11-21(3)31-35(7,15-25)39-31)26-12-22(4)32-36(8,16-26)40-32/h19-32H,9-18H2,1-8H3. The predicted molar refractivity (Wildman–Crippen MR) is 165 cm³/mol. The van der Waals surface area contributed by atoms with Crippen molar-refractivity contribution in [1.29, 1.82) is 0 Å². The SMILES string of the molecule is CC1CC(C(CSCC(C2CC(C)C3OC3(C)C2)C2CC(C)C3OC3(C)C2)C2CC(C)C3OC3(C)C2)CC2(C)OC12. The Kier molecular flexibility index (Phi) is 6.54. The number of hydrogen-bond donors (Lipinski definition) is 0. The number of epoxide rings is 4. The Morgan fingerprint density at radius 1 is 0.488 bits per heavy atom. The summed E-state index contributed by atoms with van der Waals surface area (Å²) in [7, 11) is 0. The van der Waals surface area contributed by atoms with E-state index < -0.39 is 0 Å². The van der Waals surface area contributed by atoms with Crippen LogP contribution in [0, 0.1) is 59.2 Å². The lowest BCUT2D eigenvalue weighted by Gasteiger charge is -2.43. The Labute approximate surface area is 254 Å². The quantitative estimate of drug-likeness (QED) is 0.272. The smallest absolute Gasteiger partial charge is 0.0926 e. The zero-order valence-corrected chi connectivity index (χ0v) is 28.0. The monoisotopic (exact) mass is 586 g/mol. The number of rotatable bonds is 8. The van der Waals surface area contributed by atoms with Crippen molar-refractivity contribution in [1.82, 2.24) is 0 Å². The molecular weight excluding hydrogens is 528 g/mol. The van der Waals surface area contributed by atoms with Crippen molar-refractivity contribution in [3.63, 3.8) is 0 Å². The third-order valence-corrected chi connectivity index (χ3v) is 15.5. The lowest BCUT2D eigenvalue weighted by molar-refractivity contribution is 0.115. The fourth-order valence-corrected chi connectivity index (χ4v) is 14.1. The molecule has 8 aliphatic rings. The van der Waals surface area contributed by atoms with Crippen LogP contribution in [0.2, 0.25) is 0 Å². The molecule has 4 heterocycles. The van der Waals surface area contributed by atoms with Gasteiger partial charge in [0.05, 0.1) is 46.8 Å². The zero-order valence-electron chi connectivity index (χ0n) is 27.2. The van der Waals surface area contributed by atoms with Gasteiger partial charge in [-0.05, 0) is 150 Å². The molecule has 41 heavy (non-hydrogen) atoms. The number of ether oxygens (including phenoxy) is 4. The predicted octanol–water partition coefficient (Wildman–Crippen LogP) is 7.77. The van der Waals surface area contributed by atoms with E-state index in [0.29, 0.717) is 48.1 Å². The average Bonchev–Trinajstić information content (AvgIpc) is 3.73. The van der Waals surface area contributed by atoms with Crippen LogP contribution < -0.4 is 0 Å². The van der Waals surface area contributed by atoms with Gasteiger partial charge in [-0.2, -0.15) is 11.8 Å². The van der Waals surface area contributed by atoms with Crippen LogP contribution in [0.3, 0.4) is 0 Å². The molecule has 8 rings (SSSR count). The summed E-state index contributed by atoms with van der Waals surface area (Å²) in [4.78, 5) is 0. The van der Waals surface area contributed by atoms with Gasteiger partial charge in [0.25, 0.3) is 0 Å². The molecule has 5 heteroatoms. The minimum atomic E-state index is 0.152. The maximum Gasteiger partial charge on any atom is 0.0926 e. The lowest BCUT2D eigenvalue weighted by Crippen LogP contribution is -2.41. The molecule has 4 nitrogen and oxygen atoms in total. The minimum absolute atomic E-state index is 0.152. The van der Waals surface area contributed by atoms with E-state index in [1.807, 2.05) is 0 Å². The van der Waals surface area contributed by atoms with Crippen LogP contribution in [0.15, 0.2) is 0 Å². The van der Waals surface area contributed by atoms with Gasteiger partial charge in [0, 0.05) is 0 Å². The summed E-state index contributed by atoms with van der Waals surface area (Å²) < 4.78 is 25.3. The van der Waals surface area contributed by atoms with Crippen LogP contribution in [-0.2, 0) is 18.9 Å². The van der Waals surface area contributed by atoms with Crippen molar-refractivity contribution in [2.75, 3.05) is 11.5 Å². The van der Waals surface area contributed by atoms with Gasteiger partial charge in [0.2, 0.25) is 0 Å². The first-order valence-electron chi connectivity index (χ1n) is 17.6. The molecule has 16 unspecified atom stereocenters. The maximum atomic E-state index is 6.33. The molecule has 0 bridgehead atoms. The van der Waals surface area contributed by atoms with E-state index in [1.165, 1.54) is 62.9 Å². The van der Waals surface area contributed by atoms with Gasteiger partial charge in [-0.25, -0.2) is 0 Å². The van der Waals surface area contributed by atoms with Crippen molar-refractivity contribution in [3.8, 4) is 0 Å². The molecular formula is C36H58O4S. The van der Waals surface area contributed by atoms with Crippen LogP contribution >= 0.6 is 11.8 Å². The molecule has 16 atom stereocenters. The number of thioether (sulfide) groups is 1. The summed E-state index contributed by atoms with van der Waals surface area (Å²) >= 11 is 2.34. The van der Waals surface area contributed by atoms with Crippen LogP contribution in [-0.4, -0.2) is 58.3 Å². The fourth-order valence-electron chi connectivity index (χ4n) is 12.3. The molecule has 232 valence electrons. The van der Waals surface area contributed by atoms with Crippen LogP contribution in [0.4, 0.5) is 0 Å². The van der Waals surface area contributed by atoms with E-state index in [2.05, 4.69) is 67.2 Å². The van der Waals surface area contributed by atoms with Gasteiger partial charge in [-0.1, -0.05) is 27.7 Å². The molecule has 0 amide bonds. The van der Waals surface area contributed by atoms with Gasteiger partial charge in [0.1, 0.15) is 0 Å². The van der Waals surface area contributed by atoms with Crippen molar-refractivity contribution in [2.45, 2.75) is 154 Å². The summed E-state index contributed by atoms with van der Waals surface area (Å²) in [6, 6.07) is 0. The van der Waals surface area contributed by atoms with Crippen molar-refractivity contribution in [3.05, 3.63) is 0 Å². The number of hydrogen-bond acceptors (Lipinski definition) is 5. The Morgan fingerprint density at radius 3 is 0.951 bits per heavy atom. The maximum absolute atomic E-state index is 6.33. The molecule has 0 aromatic rings. The minimum Gasteiger partial charge on any atom is -0.366 e. The highest BCUT2D eigenvalue weighted by Gasteiger charge is 2.64. The molecule has 4 saturated heterocycles. The highest BCUT2D eigenvalue weighted by molar-refractivity contribution is 7.99. The molecule has 0 spiro atoms. The molecule has 4 aliphatic heterocycles. The molecule has 4 saturated carbocycles. The van der Waals surface area contributed by atoms with Gasteiger partial charge in [-0.15, -0.1) is 0 Å². The van der Waals surface area contributed by atoms with E-state index in [-0.39, 0.29) is 22.4 Å². The van der Waals surface area contributed by atoms with Crippen LogP contribution in [0.5, 0.6) is 0 Å². The second kappa shape index (κ2) is 9.36. The van der Waals surface area contributed by atoms with E-state index in [9.17, 15) is 0 Å². The van der Waals surface area contributed by atoms with Crippen molar-refractivity contribution in [2.24, 2.45) is 59.2 Å². The fraction of sp³-hybridized carbons (Fsp3) is 1.00. The Morgan fingerprint density at radius 2 is 0.732 bits per heavy atom. The van der Waals surface area contributed by atoms with Crippen LogP contribution in [0.1, 0.15) is 107 Å². The summed E-state index contributed by atoms with van der Waals surface area (Å²) in [5, 5.41) is 0. The topological polar surface area (TPSA) is 50.1 Å². The normalized spacial score (nSPS) is 61.5. The summed E-state index contributed by atoms with van der Waals surface area (Å²) in [5.41, 5.74) is 0.609. The van der Waals surface area contributed by atoms with E-state index in [0.717, 1.165) is 35.5 Å². The van der Waals surface area contributed by atoms with Crippen molar-refractivity contribution >= 4 is 11.8 Å². The molecule has 4 aliphatic carbocycles. The largest absolute Gasteiger partial charge is 0.366 e. The number of fused-ring (bicyclic) bond motifs is 4. The molecule has 0 aromatic carbocycles. The molecule has 0 aromatic heterocycles. The highest BCUT2D eigenvalue weighted by atomic mass is 32.2. The first kappa shape index (κ1) is 28.6. The van der Waals surface area contributed by atoms with Gasteiger partial charge < -0.3 is 18.9 Å². The zero-order chi connectivity index (χ0) is 28.7.